The van der Waals surface area contributed by atoms with Gasteiger partial charge in [0.25, 0.3) is 5.91 Å². The van der Waals surface area contributed by atoms with Crippen LogP contribution < -0.4 is 5.32 Å². The van der Waals surface area contributed by atoms with Crippen molar-refractivity contribution in [3.63, 3.8) is 0 Å². The van der Waals surface area contributed by atoms with Gasteiger partial charge in [-0.2, -0.15) is 0 Å². The molecule has 0 aliphatic carbocycles. The Bertz CT molecular complexity index is 1100. The molecule has 1 aliphatic rings. The summed E-state index contributed by atoms with van der Waals surface area (Å²) < 4.78 is 0. The number of nitrogens with zero attached hydrogens (tertiary/aromatic N) is 2. The number of benzene rings is 2. The van der Waals surface area contributed by atoms with Crippen molar-refractivity contribution < 1.29 is 9.59 Å². The molecule has 3 aromatic rings. The first kappa shape index (κ1) is 22.8. The van der Waals surface area contributed by atoms with Gasteiger partial charge in [-0.05, 0) is 50.8 Å². The normalized spacial score (nSPS) is 16.9. The number of aromatic nitrogens is 2. The first-order valence-corrected chi connectivity index (χ1v) is 11.7. The van der Waals surface area contributed by atoms with E-state index >= 15 is 0 Å². The maximum absolute atomic E-state index is 13.1. The van der Waals surface area contributed by atoms with Gasteiger partial charge in [-0.15, -0.1) is 0 Å². The van der Waals surface area contributed by atoms with Crippen molar-refractivity contribution in [1.29, 1.82) is 0 Å². The Balaban J connectivity index is 1.42. The topological polar surface area (TPSA) is 78.1 Å². The molecule has 33 heavy (non-hydrogen) atoms. The molecule has 2 N–H and O–H groups in total. The number of hydrogen-bond donors (Lipinski definition) is 2. The highest BCUT2D eigenvalue weighted by atomic mass is 16.2. The molecule has 1 saturated heterocycles. The van der Waals surface area contributed by atoms with E-state index in [1.54, 1.807) is 0 Å². The number of H-pyrrole nitrogens is 1. The molecule has 2 aromatic carbocycles. The highest BCUT2D eigenvalue weighted by molar-refractivity contribution is 5.95. The molecular weight excluding hydrogens is 412 g/mol. The SMILES string of the molecule is CCC(NC(=O)C1CCCN(C(=O)c2cc(C)cc(C)c2)C1)c1ncc(-c2ccccc2)[nH]1. The fourth-order valence-electron chi connectivity index (χ4n) is 4.59. The fourth-order valence-corrected chi connectivity index (χ4v) is 4.59. The van der Waals surface area contributed by atoms with Crippen LogP contribution in [0.5, 0.6) is 0 Å². The minimum atomic E-state index is -0.216. The zero-order valence-corrected chi connectivity index (χ0v) is 19.6. The third-order valence-electron chi connectivity index (χ3n) is 6.28. The second kappa shape index (κ2) is 10.0. The minimum Gasteiger partial charge on any atom is -0.346 e. The first-order chi connectivity index (χ1) is 15.9. The fraction of sp³-hybridized carbons (Fsp3) is 0.370. The second-order valence-corrected chi connectivity index (χ2v) is 8.98. The van der Waals surface area contributed by atoms with Crippen molar-refractivity contribution >= 4 is 11.8 Å². The smallest absolute Gasteiger partial charge is 0.253 e. The van der Waals surface area contributed by atoms with Crippen LogP contribution in [0.2, 0.25) is 0 Å². The van der Waals surface area contributed by atoms with E-state index in [4.69, 9.17) is 0 Å². The molecule has 1 aromatic heterocycles. The van der Waals surface area contributed by atoms with E-state index < -0.39 is 0 Å². The molecule has 2 heterocycles. The predicted octanol–water partition coefficient (Wildman–Crippen LogP) is 4.81. The van der Waals surface area contributed by atoms with Gasteiger partial charge < -0.3 is 15.2 Å². The van der Waals surface area contributed by atoms with Gasteiger partial charge in [0.15, 0.2) is 0 Å². The number of nitrogens with one attached hydrogen (secondary N) is 2. The van der Waals surface area contributed by atoms with Crippen LogP contribution in [0.3, 0.4) is 0 Å². The quantitative estimate of drug-likeness (QED) is 0.573. The van der Waals surface area contributed by atoms with Crippen molar-refractivity contribution in [1.82, 2.24) is 20.2 Å². The summed E-state index contributed by atoms with van der Waals surface area (Å²) in [5.41, 5.74) is 4.84. The Morgan fingerprint density at radius 3 is 2.58 bits per heavy atom. The van der Waals surface area contributed by atoms with Gasteiger partial charge in [0.05, 0.1) is 23.9 Å². The van der Waals surface area contributed by atoms with Crippen LogP contribution in [-0.2, 0) is 4.79 Å². The molecule has 6 nitrogen and oxygen atoms in total. The average Bonchev–Trinajstić information content (AvgIpc) is 3.32. The molecule has 0 spiro atoms. The maximum Gasteiger partial charge on any atom is 0.253 e. The predicted molar refractivity (Wildman–Crippen MR) is 130 cm³/mol. The number of carbonyl (C=O) groups is 2. The van der Waals surface area contributed by atoms with Gasteiger partial charge in [-0.25, -0.2) is 4.98 Å². The number of hydrogen-bond acceptors (Lipinski definition) is 3. The van der Waals surface area contributed by atoms with Gasteiger partial charge in [-0.1, -0.05) is 54.4 Å². The number of piperidine rings is 1. The number of imidazole rings is 1. The van der Waals surface area contributed by atoms with Crippen molar-refractivity contribution in [2.45, 2.75) is 46.1 Å². The van der Waals surface area contributed by atoms with Crippen molar-refractivity contribution in [2.75, 3.05) is 13.1 Å². The summed E-state index contributed by atoms with van der Waals surface area (Å²) in [6, 6.07) is 15.7. The zero-order valence-electron chi connectivity index (χ0n) is 19.6. The number of aromatic amines is 1. The summed E-state index contributed by atoms with van der Waals surface area (Å²) >= 11 is 0. The lowest BCUT2D eigenvalue weighted by atomic mass is 9.95. The maximum atomic E-state index is 13.1. The molecule has 1 aliphatic heterocycles. The van der Waals surface area contributed by atoms with Crippen LogP contribution in [0, 0.1) is 19.8 Å². The molecule has 0 bridgehead atoms. The Hall–Kier alpha value is -3.41. The first-order valence-electron chi connectivity index (χ1n) is 11.7. The van der Waals surface area contributed by atoms with E-state index in [0.717, 1.165) is 47.5 Å². The van der Waals surface area contributed by atoms with Crippen molar-refractivity contribution in [3.05, 3.63) is 77.2 Å². The van der Waals surface area contributed by atoms with E-state index in [9.17, 15) is 9.59 Å². The summed E-state index contributed by atoms with van der Waals surface area (Å²) in [6.45, 7) is 7.16. The average molecular weight is 445 g/mol. The number of amides is 2. The summed E-state index contributed by atoms with van der Waals surface area (Å²) in [5.74, 6) is 0.525. The van der Waals surface area contributed by atoms with Crippen LogP contribution in [0.25, 0.3) is 11.3 Å². The molecule has 0 radical (unpaired) electrons. The van der Waals surface area contributed by atoms with Gasteiger partial charge in [0.2, 0.25) is 5.91 Å². The van der Waals surface area contributed by atoms with Crippen LogP contribution >= 0.6 is 0 Å². The van der Waals surface area contributed by atoms with E-state index in [1.165, 1.54) is 0 Å². The Labute approximate surface area is 195 Å². The molecule has 4 rings (SSSR count). The van der Waals surface area contributed by atoms with Crippen molar-refractivity contribution in [3.8, 4) is 11.3 Å². The number of aryl methyl sites for hydroxylation is 2. The van der Waals surface area contributed by atoms with Crippen LogP contribution in [0.1, 0.15) is 59.5 Å². The lowest BCUT2D eigenvalue weighted by Gasteiger charge is -2.33. The summed E-state index contributed by atoms with van der Waals surface area (Å²) in [6.07, 6.45) is 4.15. The van der Waals surface area contributed by atoms with E-state index in [-0.39, 0.29) is 23.8 Å². The molecule has 6 heteroatoms. The highest BCUT2D eigenvalue weighted by Crippen LogP contribution is 2.23. The molecule has 2 amide bonds. The molecule has 2 atom stereocenters. The van der Waals surface area contributed by atoms with Crippen molar-refractivity contribution in [2.24, 2.45) is 5.92 Å². The van der Waals surface area contributed by atoms with Gasteiger partial charge in [0.1, 0.15) is 5.82 Å². The molecule has 0 saturated carbocycles. The van der Waals surface area contributed by atoms with Crippen LogP contribution in [0.4, 0.5) is 0 Å². The van der Waals surface area contributed by atoms with Gasteiger partial charge in [0, 0.05) is 18.7 Å². The minimum absolute atomic E-state index is 0.00452. The Kier molecular flexibility index (Phi) is 6.92. The molecule has 172 valence electrons. The zero-order chi connectivity index (χ0) is 23.4. The Morgan fingerprint density at radius 2 is 1.88 bits per heavy atom. The van der Waals surface area contributed by atoms with Crippen LogP contribution in [0.15, 0.2) is 54.7 Å². The Morgan fingerprint density at radius 1 is 1.15 bits per heavy atom. The van der Waals surface area contributed by atoms with E-state index in [0.29, 0.717) is 18.7 Å². The molecular formula is C27H32N4O2. The summed E-state index contributed by atoms with van der Waals surface area (Å²) in [7, 11) is 0. The number of likely N-dealkylation sites (tertiary alicyclic amines) is 1. The lowest BCUT2D eigenvalue weighted by molar-refractivity contribution is -0.127. The van der Waals surface area contributed by atoms with Crippen LogP contribution in [-0.4, -0.2) is 39.8 Å². The van der Waals surface area contributed by atoms with E-state index in [1.807, 2.05) is 74.3 Å². The monoisotopic (exact) mass is 444 g/mol. The summed E-state index contributed by atoms with van der Waals surface area (Å²) in [5, 5.41) is 3.16. The number of rotatable bonds is 6. The van der Waals surface area contributed by atoms with E-state index in [2.05, 4.69) is 21.4 Å². The molecule has 2 unspecified atom stereocenters. The summed E-state index contributed by atoms with van der Waals surface area (Å²) in [4.78, 5) is 35.9. The standard InChI is InChI=1S/C27H32N4O2/c1-4-23(25-28-16-24(29-25)20-9-6-5-7-10-20)30-26(32)21-11-8-12-31(17-21)27(33)22-14-18(2)13-19(3)15-22/h5-7,9-10,13-16,21,23H,4,8,11-12,17H2,1-3H3,(H,28,29)(H,30,32). The van der Waals surface area contributed by atoms with Gasteiger partial charge >= 0.3 is 0 Å². The number of carbonyl (C=O) groups excluding carboxylic acids is 2. The highest BCUT2D eigenvalue weighted by Gasteiger charge is 2.30. The molecule has 1 fully saturated rings. The third-order valence-corrected chi connectivity index (χ3v) is 6.28. The van der Waals surface area contributed by atoms with Gasteiger partial charge in [-0.3, -0.25) is 9.59 Å². The second-order valence-electron chi connectivity index (χ2n) is 8.98. The lowest BCUT2D eigenvalue weighted by Crippen LogP contribution is -2.46. The third kappa shape index (κ3) is 5.33. The largest absolute Gasteiger partial charge is 0.346 e.